The third-order valence-electron chi connectivity index (χ3n) is 7.10. The smallest absolute Gasteiger partial charge is 0.266 e. The van der Waals surface area contributed by atoms with Crippen molar-refractivity contribution in [1.29, 1.82) is 5.26 Å². The molecule has 4 nitrogen and oxygen atoms in total. The van der Waals surface area contributed by atoms with E-state index in [0.29, 0.717) is 23.3 Å². The molecule has 0 amide bonds. The van der Waals surface area contributed by atoms with Gasteiger partial charge in [0, 0.05) is 11.3 Å². The van der Waals surface area contributed by atoms with Gasteiger partial charge in [0.15, 0.2) is 0 Å². The Hall–Kier alpha value is -2.88. The molecule has 4 atom stereocenters. The Labute approximate surface area is 178 Å². The van der Waals surface area contributed by atoms with Crippen molar-refractivity contribution in [1.82, 2.24) is 4.68 Å². The number of halogens is 3. The average molecular weight is 425 g/mol. The molecule has 4 bridgehead atoms. The largest absolute Gasteiger partial charge is 0.417 e. The van der Waals surface area contributed by atoms with Crippen molar-refractivity contribution in [3.05, 3.63) is 57.9 Å². The van der Waals surface area contributed by atoms with Gasteiger partial charge in [0.2, 0.25) is 0 Å². The summed E-state index contributed by atoms with van der Waals surface area (Å²) in [7, 11) is 0. The van der Waals surface area contributed by atoms with Crippen LogP contribution < -0.4 is 5.56 Å². The van der Waals surface area contributed by atoms with Crippen molar-refractivity contribution in [3.63, 3.8) is 0 Å². The van der Waals surface area contributed by atoms with Crippen LogP contribution in [0.2, 0.25) is 0 Å². The minimum atomic E-state index is -4.81. The first-order valence-corrected chi connectivity index (χ1v) is 10.7. The van der Waals surface area contributed by atoms with Gasteiger partial charge in [-0.3, -0.25) is 4.79 Å². The number of pyridine rings is 1. The minimum absolute atomic E-state index is 0.0633. The molecule has 4 aliphatic rings. The fourth-order valence-electron chi connectivity index (χ4n) is 5.99. The summed E-state index contributed by atoms with van der Waals surface area (Å²) in [6, 6.07) is 10.8. The van der Waals surface area contributed by atoms with Crippen LogP contribution in [0.15, 0.2) is 46.3 Å². The predicted molar refractivity (Wildman–Crippen MR) is 110 cm³/mol. The lowest BCUT2D eigenvalue weighted by Gasteiger charge is -2.37. The normalized spacial score (nSPS) is 28.5. The second-order valence-electron chi connectivity index (χ2n) is 9.18. The van der Waals surface area contributed by atoms with Crippen LogP contribution >= 0.6 is 0 Å². The summed E-state index contributed by atoms with van der Waals surface area (Å²) < 4.78 is 42.0. The summed E-state index contributed by atoms with van der Waals surface area (Å²) in [6.07, 6.45) is 1.64. The molecule has 4 aliphatic carbocycles. The van der Waals surface area contributed by atoms with Gasteiger partial charge in [-0.1, -0.05) is 30.3 Å². The Balaban J connectivity index is 1.72. The van der Waals surface area contributed by atoms with Gasteiger partial charge in [0.05, 0.1) is 11.3 Å². The summed E-state index contributed by atoms with van der Waals surface area (Å²) >= 11 is 0. The van der Waals surface area contributed by atoms with E-state index in [2.05, 4.69) is 5.10 Å². The van der Waals surface area contributed by atoms with E-state index >= 15 is 0 Å². The highest BCUT2D eigenvalue weighted by atomic mass is 19.4. The number of benzene rings is 1. The van der Waals surface area contributed by atoms with E-state index in [1.165, 1.54) is 25.3 Å². The first kappa shape index (κ1) is 20.0. The van der Waals surface area contributed by atoms with Crippen LogP contribution in [0.4, 0.5) is 13.2 Å². The van der Waals surface area contributed by atoms with Crippen molar-refractivity contribution >= 4 is 5.71 Å². The Kier molecular flexibility index (Phi) is 4.76. The van der Waals surface area contributed by atoms with Crippen LogP contribution in [0.3, 0.4) is 0 Å². The van der Waals surface area contributed by atoms with Gasteiger partial charge >= 0.3 is 6.18 Å². The highest BCUT2D eigenvalue weighted by Gasteiger charge is 2.42. The van der Waals surface area contributed by atoms with E-state index in [-0.39, 0.29) is 11.6 Å². The standard InChI is InChI=1S/C24H22F3N3O/c25-24(26,27)20-12-22(17-4-2-1-3-5-17)30(23(31)19(20)13-28)29-21-11-16-7-14-6-15(8-16)10-18(21)9-14/h1-5,12,14-16,18H,6-11H2/b29-21+/t14-,15?,16?,18?/m1/s1. The third-order valence-corrected chi connectivity index (χ3v) is 7.10. The van der Waals surface area contributed by atoms with E-state index in [0.717, 1.165) is 35.7 Å². The molecule has 6 rings (SSSR count). The van der Waals surface area contributed by atoms with Crippen molar-refractivity contribution < 1.29 is 13.2 Å². The predicted octanol–water partition coefficient (Wildman–Crippen LogP) is 5.46. The molecule has 7 heteroatoms. The lowest BCUT2D eigenvalue weighted by Crippen LogP contribution is -2.30. The lowest BCUT2D eigenvalue weighted by atomic mass is 9.68. The molecule has 4 fully saturated rings. The summed E-state index contributed by atoms with van der Waals surface area (Å²) in [4.78, 5) is 13.1. The van der Waals surface area contributed by atoms with Gasteiger partial charge in [-0.05, 0) is 68.3 Å². The summed E-state index contributed by atoms with van der Waals surface area (Å²) in [6.45, 7) is 0. The fraction of sp³-hybridized carbons (Fsp3) is 0.458. The van der Waals surface area contributed by atoms with Gasteiger partial charge in [-0.15, -0.1) is 0 Å². The highest BCUT2D eigenvalue weighted by molar-refractivity contribution is 5.88. The second kappa shape index (κ2) is 7.37. The molecular weight excluding hydrogens is 403 g/mol. The Morgan fingerprint density at radius 3 is 2.26 bits per heavy atom. The van der Waals surface area contributed by atoms with Gasteiger partial charge < -0.3 is 0 Å². The Morgan fingerprint density at radius 2 is 1.65 bits per heavy atom. The molecule has 2 aromatic rings. The molecule has 31 heavy (non-hydrogen) atoms. The topological polar surface area (TPSA) is 58.1 Å². The molecule has 0 aliphatic heterocycles. The molecular formula is C24H22F3N3O. The van der Waals surface area contributed by atoms with E-state index in [1.807, 2.05) is 0 Å². The lowest BCUT2D eigenvalue weighted by molar-refractivity contribution is -0.137. The van der Waals surface area contributed by atoms with Crippen LogP contribution in [-0.4, -0.2) is 10.4 Å². The SMILES string of the molecule is N#Cc1c(C(F)(F)F)cc(-c2ccccc2)n(/N=C2\CC3CC4CC2C[C@@H](C3)C4)c1=O. The summed E-state index contributed by atoms with van der Waals surface area (Å²) in [5.74, 6) is 2.15. The number of hydrogen-bond acceptors (Lipinski definition) is 3. The molecule has 0 N–H and O–H groups in total. The molecule has 1 aromatic heterocycles. The molecule has 1 aromatic carbocycles. The highest BCUT2D eigenvalue weighted by Crippen LogP contribution is 2.50. The number of rotatable bonds is 2. The molecule has 4 saturated carbocycles. The molecule has 160 valence electrons. The van der Waals surface area contributed by atoms with Gasteiger partial charge in [-0.2, -0.15) is 28.2 Å². The first-order chi connectivity index (χ1) is 14.8. The molecule has 1 heterocycles. The van der Waals surface area contributed by atoms with E-state index in [1.54, 1.807) is 30.3 Å². The van der Waals surface area contributed by atoms with Crippen LogP contribution in [0.5, 0.6) is 0 Å². The summed E-state index contributed by atoms with van der Waals surface area (Å²) in [5, 5.41) is 14.1. The maximum atomic E-state index is 13.6. The van der Waals surface area contributed by atoms with E-state index in [9.17, 15) is 23.2 Å². The Morgan fingerprint density at radius 1 is 1.00 bits per heavy atom. The van der Waals surface area contributed by atoms with Crippen molar-refractivity contribution in [2.75, 3.05) is 0 Å². The van der Waals surface area contributed by atoms with E-state index < -0.39 is 22.9 Å². The molecule has 3 unspecified atom stereocenters. The van der Waals surface area contributed by atoms with Gasteiger partial charge in [0.25, 0.3) is 5.56 Å². The third kappa shape index (κ3) is 3.58. The fourth-order valence-corrected chi connectivity index (χ4v) is 5.99. The number of aromatic nitrogens is 1. The number of fused-ring (bicyclic) bond motifs is 1. The molecule has 0 saturated heterocycles. The van der Waals surface area contributed by atoms with Crippen molar-refractivity contribution in [3.8, 4) is 17.3 Å². The van der Waals surface area contributed by atoms with Crippen molar-refractivity contribution in [2.45, 2.75) is 44.7 Å². The summed E-state index contributed by atoms with van der Waals surface area (Å²) in [5.41, 5.74) is -1.70. The van der Waals surface area contributed by atoms with Crippen LogP contribution in [-0.2, 0) is 6.18 Å². The maximum Gasteiger partial charge on any atom is 0.417 e. The first-order valence-electron chi connectivity index (χ1n) is 10.7. The molecule has 0 radical (unpaired) electrons. The number of nitriles is 1. The van der Waals surface area contributed by atoms with Gasteiger partial charge in [0.1, 0.15) is 11.6 Å². The maximum absolute atomic E-state index is 13.6. The number of hydrogen-bond donors (Lipinski definition) is 0. The molecule has 0 spiro atoms. The Bertz CT molecular complexity index is 1130. The zero-order valence-corrected chi connectivity index (χ0v) is 16.9. The minimum Gasteiger partial charge on any atom is -0.266 e. The van der Waals surface area contributed by atoms with E-state index in [4.69, 9.17) is 0 Å². The average Bonchev–Trinajstić information content (AvgIpc) is 2.91. The monoisotopic (exact) mass is 425 g/mol. The van der Waals surface area contributed by atoms with Crippen molar-refractivity contribution in [2.24, 2.45) is 28.8 Å². The zero-order valence-electron chi connectivity index (χ0n) is 16.9. The number of alkyl halides is 3. The zero-order chi connectivity index (χ0) is 21.8. The second-order valence-corrected chi connectivity index (χ2v) is 9.18. The number of nitrogens with zero attached hydrogens (tertiary/aromatic N) is 3. The quantitative estimate of drug-likeness (QED) is 0.642. The van der Waals surface area contributed by atoms with Crippen LogP contribution in [0.25, 0.3) is 11.3 Å². The van der Waals surface area contributed by atoms with Crippen LogP contribution in [0.1, 0.15) is 49.7 Å². The van der Waals surface area contributed by atoms with Crippen LogP contribution in [0, 0.1) is 35.0 Å². The van der Waals surface area contributed by atoms with Gasteiger partial charge in [-0.25, -0.2) is 0 Å².